The number of amides is 1. The number of nitrogens with zero attached hydrogens (tertiary/aromatic N) is 4. The number of sulfonamides is 1. The summed E-state index contributed by atoms with van der Waals surface area (Å²) in [5.41, 5.74) is 5.01. The molecule has 25 heavy (non-hydrogen) atoms. The van der Waals surface area contributed by atoms with Crippen LogP contribution in [0.5, 0.6) is 5.75 Å². The highest BCUT2D eigenvalue weighted by Gasteiger charge is 2.30. The third-order valence-corrected chi connectivity index (χ3v) is 5.94. The van der Waals surface area contributed by atoms with Crippen molar-refractivity contribution in [3.63, 3.8) is 0 Å². The topological polar surface area (TPSA) is 120 Å². The van der Waals surface area contributed by atoms with E-state index >= 15 is 0 Å². The van der Waals surface area contributed by atoms with Crippen LogP contribution in [-0.4, -0.2) is 53.3 Å². The number of aromatic nitrogens is 3. The summed E-state index contributed by atoms with van der Waals surface area (Å²) in [5.74, 6) is -0.201. The van der Waals surface area contributed by atoms with E-state index in [4.69, 9.17) is 10.5 Å². The summed E-state index contributed by atoms with van der Waals surface area (Å²) >= 11 is 0. The quantitative estimate of drug-likeness (QED) is 0.779. The van der Waals surface area contributed by atoms with E-state index in [1.165, 1.54) is 28.6 Å². The summed E-state index contributed by atoms with van der Waals surface area (Å²) in [4.78, 5) is 12.5. The lowest BCUT2D eigenvalue weighted by Crippen LogP contribution is -2.39. The van der Waals surface area contributed by atoms with Gasteiger partial charge in [0.15, 0.2) is 6.61 Å². The monoisotopic (exact) mass is 365 g/mol. The van der Waals surface area contributed by atoms with E-state index in [-0.39, 0.29) is 17.5 Å². The Morgan fingerprint density at radius 2 is 1.76 bits per heavy atom. The van der Waals surface area contributed by atoms with Gasteiger partial charge in [-0.1, -0.05) is 0 Å². The van der Waals surface area contributed by atoms with Crippen molar-refractivity contribution in [2.24, 2.45) is 5.73 Å². The molecule has 0 radical (unpaired) electrons. The Hall–Kier alpha value is -2.46. The first kappa shape index (κ1) is 17.4. The number of hydrogen-bond acceptors (Lipinski definition) is 6. The Kier molecular flexibility index (Phi) is 5.00. The van der Waals surface area contributed by atoms with Crippen molar-refractivity contribution in [3.05, 3.63) is 36.7 Å². The number of piperidine rings is 1. The Bertz CT molecular complexity index is 812. The summed E-state index contributed by atoms with van der Waals surface area (Å²) < 4.78 is 32.1. The van der Waals surface area contributed by atoms with Crippen molar-refractivity contribution < 1.29 is 17.9 Å². The number of rotatable bonds is 6. The second kappa shape index (κ2) is 7.19. The molecule has 2 heterocycles. The summed E-state index contributed by atoms with van der Waals surface area (Å²) in [6.45, 7) is 0.573. The molecule has 0 unspecified atom stereocenters. The number of carbonyl (C=O) groups is 1. The molecular formula is C15H19N5O4S. The fourth-order valence-electron chi connectivity index (χ4n) is 2.74. The third kappa shape index (κ3) is 3.97. The zero-order valence-corrected chi connectivity index (χ0v) is 14.3. The van der Waals surface area contributed by atoms with Crippen LogP contribution in [0.3, 0.4) is 0 Å². The summed E-state index contributed by atoms with van der Waals surface area (Å²) in [7, 11) is -3.57. The van der Waals surface area contributed by atoms with Gasteiger partial charge in [-0.25, -0.2) is 8.42 Å². The van der Waals surface area contributed by atoms with Crippen LogP contribution in [0.15, 0.2) is 41.6 Å². The average molecular weight is 365 g/mol. The number of hydrogen-bond donors (Lipinski definition) is 1. The summed E-state index contributed by atoms with van der Waals surface area (Å²) in [6.07, 6.45) is 4.55. The van der Waals surface area contributed by atoms with Gasteiger partial charge in [0.05, 0.1) is 23.3 Å². The maximum absolute atomic E-state index is 12.7. The molecule has 1 aromatic heterocycles. The van der Waals surface area contributed by atoms with Crippen molar-refractivity contribution in [1.82, 2.24) is 19.3 Å². The van der Waals surface area contributed by atoms with Gasteiger partial charge in [-0.2, -0.15) is 19.3 Å². The first-order valence-corrected chi connectivity index (χ1v) is 9.28. The Morgan fingerprint density at radius 1 is 1.16 bits per heavy atom. The van der Waals surface area contributed by atoms with Gasteiger partial charge in [-0.15, -0.1) is 0 Å². The van der Waals surface area contributed by atoms with Crippen molar-refractivity contribution in [3.8, 4) is 5.75 Å². The van der Waals surface area contributed by atoms with Gasteiger partial charge >= 0.3 is 0 Å². The van der Waals surface area contributed by atoms with Crippen molar-refractivity contribution in [2.75, 3.05) is 19.7 Å². The summed E-state index contributed by atoms with van der Waals surface area (Å²) in [5, 5.41) is 8.23. The molecule has 1 aromatic carbocycles. The van der Waals surface area contributed by atoms with E-state index < -0.39 is 15.9 Å². The highest BCUT2D eigenvalue weighted by atomic mass is 32.2. The van der Waals surface area contributed by atoms with Crippen LogP contribution < -0.4 is 10.5 Å². The Morgan fingerprint density at radius 3 is 2.32 bits per heavy atom. The molecule has 2 N–H and O–H groups in total. The molecule has 1 aliphatic rings. The summed E-state index contributed by atoms with van der Waals surface area (Å²) in [6, 6.07) is 6.07. The van der Waals surface area contributed by atoms with E-state index in [0.29, 0.717) is 31.7 Å². The van der Waals surface area contributed by atoms with Gasteiger partial charge in [0.2, 0.25) is 10.0 Å². The van der Waals surface area contributed by atoms with Crippen LogP contribution in [-0.2, 0) is 14.8 Å². The third-order valence-electron chi connectivity index (χ3n) is 4.03. The molecule has 0 bridgehead atoms. The minimum atomic E-state index is -3.57. The molecule has 9 nitrogen and oxygen atoms in total. The van der Waals surface area contributed by atoms with Gasteiger partial charge in [-0.3, -0.25) is 4.79 Å². The normalized spacial score (nSPS) is 16.6. The first-order valence-electron chi connectivity index (χ1n) is 7.84. The van der Waals surface area contributed by atoms with Gasteiger partial charge in [-0.05, 0) is 37.1 Å². The molecule has 0 aliphatic carbocycles. The van der Waals surface area contributed by atoms with Gasteiger partial charge in [0.1, 0.15) is 5.75 Å². The maximum Gasteiger partial charge on any atom is 0.255 e. The van der Waals surface area contributed by atoms with Crippen LogP contribution >= 0.6 is 0 Å². The van der Waals surface area contributed by atoms with Crippen LogP contribution in [0.2, 0.25) is 0 Å². The highest BCUT2D eigenvalue weighted by molar-refractivity contribution is 7.89. The highest BCUT2D eigenvalue weighted by Crippen LogP contribution is 2.26. The smallest absolute Gasteiger partial charge is 0.255 e. The van der Waals surface area contributed by atoms with Crippen molar-refractivity contribution >= 4 is 15.9 Å². The zero-order chi connectivity index (χ0) is 17.9. The molecule has 134 valence electrons. The standard InChI is InChI=1S/C15H19N5O4S/c16-15(21)11-24-13-1-3-14(4-2-13)25(22,23)19-9-5-12(6-10-19)20-17-7-8-18-20/h1-4,7-8,12H,5-6,9-11H2,(H2,16,21). The zero-order valence-electron chi connectivity index (χ0n) is 13.5. The second-order valence-electron chi connectivity index (χ2n) is 5.71. The SMILES string of the molecule is NC(=O)COc1ccc(S(=O)(=O)N2CCC(n3nccn3)CC2)cc1. The fourth-order valence-corrected chi connectivity index (χ4v) is 4.21. The molecule has 1 amide bonds. The average Bonchev–Trinajstić information content (AvgIpc) is 3.15. The van der Waals surface area contributed by atoms with Gasteiger partial charge < -0.3 is 10.5 Å². The lowest BCUT2D eigenvalue weighted by Gasteiger charge is -2.30. The number of nitrogens with two attached hydrogens (primary N) is 1. The van der Waals surface area contributed by atoms with Crippen LogP contribution in [0.4, 0.5) is 0 Å². The Labute approximate surface area is 145 Å². The molecule has 2 aromatic rings. The molecule has 10 heteroatoms. The number of benzene rings is 1. The number of ether oxygens (including phenoxy) is 1. The van der Waals surface area contributed by atoms with Crippen LogP contribution in [0.25, 0.3) is 0 Å². The van der Waals surface area contributed by atoms with Crippen LogP contribution in [0.1, 0.15) is 18.9 Å². The lowest BCUT2D eigenvalue weighted by molar-refractivity contribution is -0.119. The number of carbonyl (C=O) groups excluding carboxylic acids is 1. The molecule has 1 aliphatic heterocycles. The Balaban J connectivity index is 1.64. The number of primary amides is 1. The van der Waals surface area contributed by atoms with E-state index in [1.54, 1.807) is 17.2 Å². The molecular weight excluding hydrogens is 346 g/mol. The molecule has 1 saturated heterocycles. The maximum atomic E-state index is 12.7. The molecule has 0 spiro atoms. The molecule has 1 fully saturated rings. The minimum absolute atomic E-state index is 0.117. The van der Waals surface area contributed by atoms with E-state index in [2.05, 4.69) is 10.2 Å². The first-order chi connectivity index (χ1) is 12.0. The van der Waals surface area contributed by atoms with Gasteiger partial charge in [0.25, 0.3) is 5.91 Å². The second-order valence-corrected chi connectivity index (χ2v) is 7.65. The lowest BCUT2D eigenvalue weighted by atomic mass is 10.1. The van der Waals surface area contributed by atoms with E-state index in [1.807, 2.05) is 0 Å². The van der Waals surface area contributed by atoms with E-state index in [9.17, 15) is 13.2 Å². The predicted octanol–water partition coefficient (Wildman–Crippen LogP) is 0.168. The minimum Gasteiger partial charge on any atom is -0.484 e. The van der Waals surface area contributed by atoms with Gasteiger partial charge in [0, 0.05) is 13.1 Å². The molecule has 0 atom stereocenters. The molecule has 3 rings (SSSR count). The van der Waals surface area contributed by atoms with Crippen molar-refractivity contribution in [1.29, 1.82) is 0 Å². The molecule has 0 saturated carbocycles. The largest absolute Gasteiger partial charge is 0.484 e. The van der Waals surface area contributed by atoms with Crippen molar-refractivity contribution in [2.45, 2.75) is 23.8 Å². The fraction of sp³-hybridized carbons (Fsp3) is 0.400. The van der Waals surface area contributed by atoms with E-state index in [0.717, 1.165) is 0 Å². The predicted molar refractivity (Wildman–Crippen MR) is 88.2 cm³/mol. The van der Waals surface area contributed by atoms with Crippen LogP contribution in [0, 0.1) is 0 Å².